The number of hydrogen-bond donors (Lipinski definition) is 2. The molecule has 3 N–H and O–H groups in total. The summed E-state index contributed by atoms with van der Waals surface area (Å²) < 4.78 is 10.2. The number of hydrogen-bond acceptors (Lipinski definition) is 5. The van der Waals surface area contributed by atoms with Crippen molar-refractivity contribution in [1.29, 1.82) is 0 Å². The average molecular weight is 276 g/mol. The normalized spacial score (nSPS) is 11.8. The van der Waals surface area contributed by atoms with Crippen LogP contribution in [0.3, 0.4) is 0 Å². The molecule has 0 saturated carbocycles. The zero-order valence-electron chi connectivity index (χ0n) is 10.6. The van der Waals surface area contributed by atoms with Crippen LogP contribution in [-0.2, 0) is 9.53 Å². The second-order valence-corrected chi connectivity index (χ2v) is 4.05. The van der Waals surface area contributed by atoms with E-state index in [0.29, 0.717) is 5.58 Å². The van der Waals surface area contributed by atoms with Gasteiger partial charge in [-0.05, 0) is 19.1 Å². The zero-order valence-corrected chi connectivity index (χ0v) is 10.6. The van der Waals surface area contributed by atoms with E-state index in [2.05, 4.69) is 0 Å². The van der Waals surface area contributed by atoms with E-state index in [1.54, 1.807) is 24.3 Å². The number of primary amides is 1. The van der Waals surface area contributed by atoms with Gasteiger partial charge in [-0.1, -0.05) is 18.2 Å². The summed E-state index contributed by atoms with van der Waals surface area (Å²) in [5.41, 5.74) is 5.33. The third kappa shape index (κ3) is 2.94. The summed E-state index contributed by atoms with van der Waals surface area (Å²) in [6.07, 6.45) is -1.16. The molecule has 7 heteroatoms. The summed E-state index contributed by atoms with van der Waals surface area (Å²) in [5.74, 6) is -1.62. The van der Waals surface area contributed by atoms with E-state index < -0.39 is 24.0 Å². The van der Waals surface area contributed by atoms with Crippen LogP contribution in [0.15, 0.2) is 34.7 Å². The molecule has 7 nitrogen and oxygen atoms in total. The lowest BCUT2D eigenvalue weighted by atomic mass is 10.2. The molecule has 104 valence electrons. The van der Waals surface area contributed by atoms with Gasteiger partial charge in [-0.25, -0.2) is 9.59 Å². The van der Waals surface area contributed by atoms with Crippen LogP contribution in [-0.4, -0.2) is 24.0 Å². The van der Waals surface area contributed by atoms with E-state index >= 15 is 0 Å². The highest BCUT2D eigenvalue weighted by atomic mass is 16.6. The van der Waals surface area contributed by atoms with Gasteiger partial charge in [0.2, 0.25) is 5.76 Å². The molecule has 0 saturated heterocycles. The van der Waals surface area contributed by atoms with Crippen LogP contribution >= 0.6 is 0 Å². The number of carbonyl (C=O) groups is 3. The molecule has 20 heavy (non-hydrogen) atoms. The van der Waals surface area contributed by atoms with E-state index in [1.807, 2.05) is 5.32 Å². The van der Waals surface area contributed by atoms with Gasteiger partial charge in [0.25, 0.3) is 5.91 Å². The van der Waals surface area contributed by atoms with Crippen molar-refractivity contribution in [3.63, 3.8) is 0 Å². The van der Waals surface area contributed by atoms with Gasteiger partial charge in [-0.2, -0.15) is 0 Å². The fourth-order valence-corrected chi connectivity index (χ4v) is 1.58. The Morgan fingerprint density at radius 3 is 2.65 bits per heavy atom. The van der Waals surface area contributed by atoms with Gasteiger partial charge in [-0.15, -0.1) is 0 Å². The molecule has 0 aliphatic heterocycles. The molecule has 1 heterocycles. The van der Waals surface area contributed by atoms with Gasteiger partial charge in [0.1, 0.15) is 5.58 Å². The number of fused-ring (bicyclic) bond motifs is 1. The Morgan fingerprint density at radius 1 is 1.30 bits per heavy atom. The summed E-state index contributed by atoms with van der Waals surface area (Å²) in [4.78, 5) is 33.7. The Morgan fingerprint density at radius 2 is 2.00 bits per heavy atom. The number of nitrogens with one attached hydrogen (secondary N) is 1. The van der Waals surface area contributed by atoms with Crippen LogP contribution in [0.5, 0.6) is 0 Å². The van der Waals surface area contributed by atoms with Crippen molar-refractivity contribution in [2.24, 2.45) is 5.73 Å². The van der Waals surface area contributed by atoms with Crippen LogP contribution in [0, 0.1) is 0 Å². The van der Waals surface area contributed by atoms with Gasteiger partial charge in [0.15, 0.2) is 6.10 Å². The topological polar surface area (TPSA) is 112 Å². The Bertz CT molecular complexity index is 643. The molecule has 1 aromatic carbocycles. The van der Waals surface area contributed by atoms with Crippen molar-refractivity contribution in [3.05, 3.63) is 36.1 Å². The molecule has 0 unspecified atom stereocenters. The van der Waals surface area contributed by atoms with E-state index in [9.17, 15) is 14.4 Å². The second kappa shape index (κ2) is 5.43. The van der Waals surface area contributed by atoms with Crippen LogP contribution in [0.25, 0.3) is 11.0 Å². The summed E-state index contributed by atoms with van der Waals surface area (Å²) in [6.45, 7) is 1.32. The maximum atomic E-state index is 11.8. The first kappa shape index (κ1) is 13.6. The number of rotatable bonds is 3. The molecule has 0 aliphatic rings. The first-order valence-corrected chi connectivity index (χ1v) is 5.77. The highest BCUT2D eigenvalue weighted by Crippen LogP contribution is 2.19. The van der Waals surface area contributed by atoms with Gasteiger partial charge >= 0.3 is 12.0 Å². The minimum atomic E-state index is -1.16. The molecule has 3 amide bonds. The van der Waals surface area contributed by atoms with E-state index in [-0.39, 0.29) is 5.76 Å². The van der Waals surface area contributed by atoms with Gasteiger partial charge in [-0.3, -0.25) is 10.1 Å². The molecule has 0 spiro atoms. The highest BCUT2D eigenvalue weighted by molar-refractivity contribution is 5.98. The van der Waals surface area contributed by atoms with Crippen molar-refractivity contribution < 1.29 is 23.5 Å². The molecule has 0 aliphatic carbocycles. The first-order chi connectivity index (χ1) is 9.47. The molecule has 0 fully saturated rings. The first-order valence-electron chi connectivity index (χ1n) is 5.77. The van der Waals surface area contributed by atoms with E-state index in [0.717, 1.165) is 5.39 Å². The number of nitrogens with two attached hydrogens (primary N) is 1. The minimum Gasteiger partial charge on any atom is -0.449 e. The zero-order chi connectivity index (χ0) is 14.7. The standard InChI is InChI=1S/C13H12N2O5/c1-7(11(16)15-13(14)18)19-12(17)10-6-8-4-2-3-5-9(8)20-10/h2-7H,1H3,(H3,14,15,16,18)/t7-/m1/s1. The Balaban J connectivity index is 2.08. The number of carbonyl (C=O) groups excluding carboxylic acids is 3. The molecule has 1 aromatic heterocycles. The number of ether oxygens (including phenoxy) is 1. The number of esters is 1. The smallest absolute Gasteiger partial charge is 0.375 e. The molecule has 2 aromatic rings. The Labute approximate surface area is 113 Å². The number of furan rings is 1. The van der Waals surface area contributed by atoms with Gasteiger partial charge in [0, 0.05) is 5.39 Å². The van der Waals surface area contributed by atoms with Crippen LogP contribution < -0.4 is 11.1 Å². The molecule has 1 atom stereocenters. The average Bonchev–Trinajstić information content (AvgIpc) is 2.81. The monoisotopic (exact) mass is 276 g/mol. The van der Waals surface area contributed by atoms with Crippen LogP contribution in [0.1, 0.15) is 17.5 Å². The summed E-state index contributed by atoms with van der Waals surface area (Å²) in [5, 5.41) is 2.56. The molecule has 2 rings (SSSR count). The van der Waals surface area contributed by atoms with Crippen molar-refractivity contribution in [2.45, 2.75) is 13.0 Å². The fourth-order valence-electron chi connectivity index (χ4n) is 1.58. The van der Waals surface area contributed by atoms with Crippen molar-refractivity contribution in [1.82, 2.24) is 5.32 Å². The SMILES string of the molecule is C[C@@H](OC(=O)c1cc2ccccc2o1)C(=O)NC(N)=O. The minimum absolute atomic E-state index is 0.0232. The van der Waals surface area contributed by atoms with Crippen molar-refractivity contribution in [3.8, 4) is 0 Å². The van der Waals surface area contributed by atoms with E-state index in [4.69, 9.17) is 14.9 Å². The van der Waals surface area contributed by atoms with Gasteiger partial charge in [0.05, 0.1) is 0 Å². The number of benzene rings is 1. The number of para-hydroxylation sites is 1. The maximum absolute atomic E-state index is 11.8. The third-order valence-electron chi connectivity index (χ3n) is 2.53. The Kier molecular flexibility index (Phi) is 3.69. The number of imide groups is 1. The third-order valence-corrected chi connectivity index (χ3v) is 2.53. The predicted molar refractivity (Wildman–Crippen MR) is 68.8 cm³/mol. The van der Waals surface area contributed by atoms with Crippen molar-refractivity contribution in [2.75, 3.05) is 0 Å². The quantitative estimate of drug-likeness (QED) is 0.817. The highest BCUT2D eigenvalue weighted by Gasteiger charge is 2.22. The predicted octanol–water partition coefficient (Wildman–Crippen LogP) is 1.17. The van der Waals surface area contributed by atoms with E-state index in [1.165, 1.54) is 13.0 Å². The molecule has 0 bridgehead atoms. The molecular weight excluding hydrogens is 264 g/mol. The Hall–Kier alpha value is -2.83. The lowest BCUT2D eigenvalue weighted by molar-refractivity contribution is -0.127. The van der Waals surface area contributed by atoms with Gasteiger partial charge < -0.3 is 14.9 Å². The largest absolute Gasteiger partial charge is 0.449 e. The number of urea groups is 1. The number of amides is 3. The lowest BCUT2D eigenvalue weighted by Crippen LogP contribution is -2.42. The summed E-state index contributed by atoms with van der Waals surface area (Å²) >= 11 is 0. The van der Waals surface area contributed by atoms with Crippen molar-refractivity contribution >= 4 is 28.9 Å². The molecule has 0 radical (unpaired) electrons. The van der Waals surface area contributed by atoms with Crippen LogP contribution in [0.2, 0.25) is 0 Å². The second-order valence-electron chi connectivity index (χ2n) is 4.05. The summed E-state index contributed by atoms with van der Waals surface area (Å²) in [6, 6.07) is 7.55. The lowest BCUT2D eigenvalue weighted by Gasteiger charge is -2.10. The molecular formula is C13H12N2O5. The van der Waals surface area contributed by atoms with Crippen LogP contribution in [0.4, 0.5) is 4.79 Å². The fraction of sp³-hybridized carbons (Fsp3) is 0.154. The summed E-state index contributed by atoms with van der Waals surface area (Å²) in [7, 11) is 0. The maximum Gasteiger partial charge on any atom is 0.375 e.